The fraction of sp³-hybridized carbons (Fsp3) is 0.440. The molecule has 8 heteroatoms. The zero-order chi connectivity index (χ0) is 22.8. The van der Waals surface area contributed by atoms with Crippen molar-refractivity contribution in [2.75, 3.05) is 47.4 Å². The molecule has 1 unspecified atom stereocenters. The predicted molar refractivity (Wildman–Crippen MR) is 143 cm³/mol. The Morgan fingerprint density at radius 1 is 1.03 bits per heavy atom. The van der Waals surface area contributed by atoms with Gasteiger partial charge in [0.05, 0.1) is 14.2 Å². The van der Waals surface area contributed by atoms with Gasteiger partial charge in [-0.25, -0.2) is 0 Å². The van der Waals surface area contributed by atoms with Crippen molar-refractivity contribution in [3.8, 4) is 11.5 Å². The highest BCUT2D eigenvalue weighted by atomic mass is 127. The fourth-order valence-corrected chi connectivity index (χ4v) is 3.94. The van der Waals surface area contributed by atoms with Crippen LogP contribution in [0, 0.1) is 5.92 Å². The normalized spacial score (nSPS) is 15.7. The maximum Gasteiger partial charge on any atom is 0.223 e. The molecule has 0 radical (unpaired) electrons. The first-order valence-corrected chi connectivity index (χ1v) is 11.1. The molecule has 1 aliphatic heterocycles. The van der Waals surface area contributed by atoms with Crippen molar-refractivity contribution >= 4 is 35.8 Å². The van der Waals surface area contributed by atoms with Crippen LogP contribution in [0.3, 0.4) is 0 Å². The average Bonchev–Trinajstić information content (AvgIpc) is 3.19. The lowest BCUT2D eigenvalue weighted by atomic mass is 10.1. The summed E-state index contributed by atoms with van der Waals surface area (Å²) in [5.74, 6) is 2.74. The van der Waals surface area contributed by atoms with Crippen molar-refractivity contribution in [3.63, 3.8) is 0 Å². The number of guanidine groups is 1. The highest BCUT2D eigenvalue weighted by Gasteiger charge is 2.29. The lowest BCUT2D eigenvalue weighted by molar-refractivity contribution is -0.127. The van der Waals surface area contributed by atoms with Gasteiger partial charge in [0.25, 0.3) is 0 Å². The van der Waals surface area contributed by atoms with Gasteiger partial charge in [0.2, 0.25) is 5.91 Å². The van der Waals surface area contributed by atoms with E-state index in [1.165, 1.54) is 5.56 Å². The number of ether oxygens (including phenoxy) is 2. The lowest BCUT2D eigenvalue weighted by Gasteiger charge is -2.18. The Kier molecular flexibility index (Phi) is 11.3. The van der Waals surface area contributed by atoms with E-state index in [9.17, 15) is 4.79 Å². The molecule has 33 heavy (non-hydrogen) atoms. The van der Waals surface area contributed by atoms with Gasteiger partial charge in [-0.1, -0.05) is 36.4 Å². The molecule has 1 saturated heterocycles. The number of amides is 1. The van der Waals surface area contributed by atoms with Crippen LogP contribution in [0.2, 0.25) is 0 Å². The zero-order valence-electron chi connectivity index (χ0n) is 19.7. The zero-order valence-corrected chi connectivity index (χ0v) is 22.0. The largest absolute Gasteiger partial charge is 0.493 e. The van der Waals surface area contributed by atoms with Crippen LogP contribution in [0.4, 0.5) is 0 Å². The van der Waals surface area contributed by atoms with Gasteiger partial charge >= 0.3 is 0 Å². The molecule has 1 heterocycles. The van der Waals surface area contributed by atoms with Gasteiger partial charge in [-0.15, -0.1) is 24.0 Å². The number of benzene rings is 2. The molecular weight excluding hydrogens is 531 g/mol. The second kappa shape index (κ2) is 13.9. The Balaban J connectivity index is 0.00000385. The molecule has 180 valence electrons. The van der Waals surface area contributed by atoms with Gasteiger partial charge < -0.3 is 25.0 Å². The minimum Gasteiger partial charge on any atom is -0.493 e. The molecule has 2 aromatic carbocycles. The summed E-state index contributed by atoms with van der Waals surface area (Å²) in [6, 6.07) is 16.3. The van der Waals surface area contributed by atoms with E-state index in [1.54, 1.807) is 21.3 Å². The summed E-state index contributed by atoms with van der Waals surface area (Å²) < 4.78 is 10.7. The van der Waals surface area contributed by atoms with Crippen molar-refractivity contribution in [1.82, 2.24) is 15.5 Å². The Hall–Kier alpha value is -2.49. The highest BCUT2D eigenvalue weighted by molar-refractivity contribution is 14.0. The molecule has 2 aromatic rings. The molecule has 1 fully saturated rings. The number of likely N-dealkylation sites (tertiary alicyclic amines) is 1. The quantitative estimate of drug-likeness (QED) is 0.263. The first kappa shape index (κ1) is 26.8. The molecule has 2 N–H and O–H groups in total. The smallest absolute Gasteiger partial charge is 0.223 e. The van der Waals surface area contributed by atoms with Crippen molar-refractivity contribution in [1.29, 1.82) is 0 Å². The standard InChI is InChI=1S/C25H34N4O3.HI/c1-26-25(27-13-11-20-9-10-22(31-2)23(15-20)32-3)28-17-21-16-24(30)29(18-21)14-12-19-7-5-4-6-8-19;/h4-10,15,21H,11-14,16-18H2,1-3H3,(H2,26,27,28);1H. The Morgan fingerprint density at radius 2 is 1.79 bits per heavy atom. The van der Waals surface area contributed by atoms with Gasteiger partial charge in [0.1, 0.15) is 0 Å². The summed E-state index contributed by atoms with van der Waals surface area (Å²) in [6.07, 6.45) is 2.31. The van der Waals surface area contributed by atoms with Crippen molar-refractivity contribution < 1.29 is 14.3 Å². The first-order chi connectivity index (χ1) is 15.6. The summed E-state index contributed by atoms with van der Waals surface area (Å²) in [7, 11) is 5.04. The van der Waals surface area contributed by atoms with Crippen molar-refractivity contribution in [2.24, 2.45) is 10.9 Å². The maximum absolute atomic E-state index is 12.4. The number of carbonyl (C=O) groups is 1. The number of halogens is 1. The highest BCUT2D eigenvalue weighted by Crippen LogP contribution is 2.27. The van der Waals surface area contributed by atoms with Crippen LogP contribution >= 0.6 is 24.0 Å². The van der Waals surface area contributed by atoms with E-state index in [2.05, 4.69) is 27.8 Å². The number of carbonyl (C=O) groups excluding carboxylic acids is 1. The summed E-state index contributed by atoms with van der Waals surface area (Å²) >= 11 is 0. The van der Waals surface area contributed by atoms with Gasteiger partial charge in [0, 0.05) is 45.6 Å². The van der Waals surface area contributed by atoms with Crippen LogP contribution in [-0.2, 0) is 17.6 Å². The molecule has 1 aliphatic rings. The maximum atomic E-state index is 12.4. The minimum absolute atomic E-state index is 0. The third-order valence-corrected chi connectivity index (χ3v) is 5.74. The first-order valence-electron chi connectivity index (χ1n) is 11.1. The van der Waals surface area contributed by atoms with E-state index >= 15 is 0 Å². The fourth-order valence-electron chi connectivity index (χ4n) is 3.94. The molecule has 0 aliphatic carbocycles. The second-order valence-electron chi connectivity index (χ2n) is 7.96. The van der Waals surface area contributed by atoms with Crippen LogP contribution in [0.1, 0.15) is 17.5 Å². The SMILES string of the molecule is CN=C(NCCc1ccc(OC)c(OC)c1)NCC1CC(=O)N(CCc2ccccc2)C1.I. The summed E-state index contributed by atoms with van der Waals surface area (Å²) in [4.78, 5) is 18.7. The van der Waals surface area contributed by atoms with E-state index in [4.69, 9.17) is 9.47 Å². The van der Waals surface area contributed by atoms with Crippen molar-refractivity contribution in [3.05, 3.63) is 59.7 Å². The van der Waals surface area contributed by atoms with E-state index in [1.807, 2.05) is 41.3 Å². The van der Waals surface area contributed by atoms with Gasteiger partial charge in [-0.2, -0.15) is 0 Å². The van der Waals surface area contributed by atoms with Crippen LogP contribution < -0.4 is 20.1 Å². The number of hydrogen-bond donors (Lipinski definition) is 2. The molecule has 3 rings (SSSR count). The third-order valence-electron chi connectivity index (χ3n) is 5.74. The summed E-state index contributed by atoms with van der Waals surface area (Å²) in [6.45, 7) is 3.03. The van der Waals surface area contributed by atoms with Crippen LogP contribution in [-0.4, -0.2) is 64.2 Å². The number of nitrogens with one attached hydrogen (secondary N) is 2. The molecule has 0 saturated carbocycles. The van der Waals surface area contributed by atoms with Crippen molar-refractivity contribution in [2.45, 2.75) is 19.3 Å². The minimum atomic E-state index is 0. The van der Waals surface area contributed by atoms with Gasteiger partial charge in [-0.05, 0) is 36.1 Å². The number of methoxy groups -OCH3 is 2. The molecule has 1 amide bonds. The second-order valence-corrected chi connectivity index (χ2v) is 7.96. The number of nitrogens with zero attached hydrogens (tertiary/aromatic N) is 2. The van der Waals surface area contributed by atoms with E-state index in [-0.39, 0.29) is 29.9 Å². The van der Waals surface area contributed by atoms with Gasteiger partial charge in [0.15, 0.2) is 17.5 Å². The van der Waals surface area contributed by atoms with E-state index in [0.29, 0.717) is 12.3 Å². The predicted octanol–water partition coefficient (Wildman–Crippen LogP) is 3.12. The van der Waals surface area contributed by atoms with E-state index < -0.39 is 0 Å². The summed E-state index contributed by atoms with van der Waals surface area (Å²) in [5, 5.41) is 6.71. The van der Waals surface area contributed by atoms with Crippen LogP contribution in [0.5, 0.6) is 11.5 Å². The number of aliphatic imine (C=N–C) groups is 1. The molecule has 0 bridgehead atoms. The Labute approximate surface area is 214 Å². The Bertz CT molecular complexity index is 908. The molecular formula is C25H35IN4O3. The molecule has 1 atom stereocenters. The molecule has 7 nitrogen and oxygen atoms in total. The monoisotopic (exact) mass is 566 g/mol. The lowest BCUT2D eigenvalue weighted by Crippen LogP contribution is -2.41. The summed E-state index contributed by atoms with van der Waals surface area (Å²) in [5.41, 5.74) is 2.42. The topological polar surface area (TPSA) is 75.2 Å². The number of hydrogen-bond acceptors (Lipinski definition) is 4. The molecule has 0 aromatic heterocycles. The van der Waals surface area contributed by atoms with Gasteiger partial charge in [-0.3, -0.25) is 9.79 Å². The Morgan fingerprint density at radius 3 is 2.48 bits per heavy atom. The average molecular weight is 566 g/mol. The third kappa shape index (κ3) is 8.10. The molecule has 0 spiro atoms. The number of rotatable bonds is 10. The van der Waals surface area contributed by atoms with E-state index in [0.717, 1.165) is 62.0 Å². The van der Waals surface area contributed by atoms with Crippen LogP contribution in [0.25, 0.3) is 0 Å². The van der Waals surface area contributed by atoms with Crippen LogP contribution in [0.15, 0.2) is 53.5 Å².